The van der Waals surface area contributed by atoms with E-state index in [0.29, 0.717) is 24.3 Å². The summed E-state index contributed by atoms with van der Waals surface area (Å²) in [6.07, 6.45) is -4.07. The van der Waals surface area contributed by atoms with Gasteiger partial charge in [-0.05, 0) is 52.9 Å². The van der Waals surface area contributed by atoms with Crippen molar-refractivity contribution in [1.29, 1.82) is 0 Å². The zero-order valence-corrected chi connectivity index (χ0v) is 20.1. The molecule has 0 saturated carbocycles. The quantitative estimate of drug-likeness (QED) is 0.367. The van der Waals surface area contributed by atoms with Gasteiger partial charge in [0.05, 0.1) is 5.69 Å². The normalized spacial score (nSPS) is 12.7. The Morgan fingerprint density at radius 2 is 1.69 bits per heavy atom. The van der Waals surface area contributed by atoms with Gasteiger partial charge in [-0.3, -0.25) is 4.79 Å². The van der Waals surface area contributed by atoms with E-state index < -0.39 is 17.8 Å². The Balaban J connectivity index is 0.00000148. The summed E-state index contributed by atoms with van der Waals surface area (Å²) in [4.78, 5) is 15.0. The predicted octanol–water partition coefficient (Wildman–Crippen LogP) is 6.25. The number of anilines is 1. The number of benzene rings is 3. The summed E-state index contributed by atoms with van der Waals surface area (Å²) in [5.41, 5.74) is 9.24. The average molecular weight is 493 g/mol. The zero-order valence-electron chi connectivity index (χ0n) is 20.1. The summed E-state index contributed by atoms with van der Waals surface area (Å²) in [5, 5.41) is 3.73. The molecular weight excluding hydrogens is 465 g/mol. The predicted molar refractivity (Wildman–Crippen MR) is 135 cm³/mol. The Bertz CT molecular complexity index is 1360. The van der Waals surface area contributed by atoms with Gasteiger partial charge < -0.3 is 10.6 Å². The minimum Gasteiger partial charge on any atom is -0.326 e. The third-order valence-corrected chi connectivity index (χ3v) is 5.94. The van der Waals surface area contributed by atoms with Crippen LogP contribution in [-0.4, -0.2) is 22.2 Å². The lowest BCUT2D eigenvalue weighted by Crippen LogP contribution is -2.30. The first kappa shape index (κ1) is 25.2. The van der Waals surface area contributed by atoms with Crippen molar-refractivity contribution in [3.63, 3.8) is 0 Å². The number of carbonyl (C=O) groups is 1. The fraction of sp³-hybridized carbons (Fsp3) is 0.214. The standard InChI is InChI=1S/C26H21F3N4O.C2H6/c27-26(28,29)24-15-23(33(31-24)21-8-4-5-17(13-21)16-30)25(34)32-12-11-20-14-19(9-10-22(20)32)18-6-2-1-3-7-18;1-2/h1-10,13-15H,11-12,16,30H2;1-2H3. The van der Waals surface area contributed by atoms with Crippen LogP contribution in [0.5, 0.6) is 0 Å². The van der Waals surface area contributed by atoms with Crippen molar-refractivity contribution in [1.82, 2.24) is 9.78 Å². The van der Waals surface area contributed by atoms with E-state index in [4.69, 9.17) is 5.73 Å². The van der Waals surface area contributed by atoms with Crippen LogP contribution in [0.1, 0.15) is 41.2 Å². The van der Waals surface area contributed by atoms with E-state index in [1.54, 1.807) is 24.3 Å². The summed E-state index contributed by atoms with van der Waals surface area (Å²) < 4.78 is 41.6. The molecule has 1 aliphatic rings. The van der Waals surface area contributed by atoms with Gasteiger partial charge in [0.25, 0.3) is 5.91 Å². The number of aromatic nitrogens is 2. The zero-order chi connectivity index (χ0) is 25.9. The number of rotatable bonds is 4. The number of nitrogens with two attached hydrogens (primary N) is 1. The van der Waals surface area contributed by atoms with E-state index in [0.717, 1.165) is 33.0 Å². The molecule has 36 heavy (non-hydrogen) atoms. The summed E-state index contributed by atoms with van der Waals surface area (Å²) in [6, 6.07) is 23.2. The van der Waals surface area contributed by atoms with Crippen LogP contribution < -0.4 is 10.6 Å². The lowest BCUT2D eigenvalue weighted by molar-refractivity contribution is -0.141. The highest BCUT2D eigenvalue weighted by molar-refractivity contribution is 6.06. The molecule has 8 heteroatoms. The van der Waals surface area contributed by atoms with Crippen molar-refractivity contribution < 1.29 is 18.0 Å². The van der Waals surface area contributed by atoms with Gasteiger partial charge in [0.2, 0.25) is 0 Å². The molecule has 0 bridgehead atoms. The molecule has 0 fully saturated rings. The van der Waals surface area contributed by atoms with Crippen LogP contribution in [0.15, 0.2) is 78.9 Å². The molecule has 5 nitrogen and oxygen atoms in total. The van der Waals surface area contributed by atoms with Gasteiger partial charge in [0.15, 0.2) is 5.69 Å². The molecular formula is C28H27F3N4O. The largest absolute Gasteiger partial charge is 0.435 e. The number of hydrogen-bond acceptors (Lipinski definition) is 3. The van der Waals surface area contributed by atoms with Gasteiger partial charge in [0, 0.05) is 24.8 Å². The maximum atomic E-state index is 13.5. The first-order chi connectivity index (χ1) is 17.3. The van der Waals surface area contributed by atoms with Gasteiger partial charge in [-0.25, -0.2) is 4.68 Å². The minimum atomic E-state index is -4.68. The molecule has 0 radical (unpaired) electrons. The molecule has 1 aliphatic heterocycles. The Hall–Kier alpha value is -3.91. The lowest BCUT2D eigenvalue weighted by Gasteiger charge is -2.18. The Kier molecular flexibility index (Phi) is 7.26. The maximum Gasteiger partial charge on any atom is 0.435 e. The average Bonchev–Trinajstić information content (AvgIpc) is 3.55. The molecule has 0 spiro atoms. The van der Waals surface area contributed by atoms with Crippen molar-refractivity contribution >= 4 is 11.6 Å². The first-order valence-corrected chi connectivity index (χ1v) is 11.8. The molecule has 1 amide bonds. The van der Waals surface area contributed by atoms with Gasteiger partial charge in [-0.15, -0.1) is 0 Å². The summed E-state index contributed by atoms with van der Waals surface area (Å²) in [6.45, 7) is 4.59. The lowest BCUT2D eigenvalue weighted by atomic mass is 10.0. The van der Waals surface area contributed by atoms with Crippen molar-refractivity contribution in [2.75, 3.05) is 11.4 Å². The van der Waals surface area contributed by atoms with Crippen LogP contribution in [-0.2, 0) is 19.1 Å². The highest BCUT2D eigenvalue weighted by Gasteiger charge is 2.37. The molecule has 4 aromatic rings. The van der Waals surface area contributed by atoms with Crippen LogP contribution in [0.25, 0.3) is 16.8 Å². The number of carbonyl (C=O) groups excluding carboxylic acids is 1. The first-order valence-electron chi connectivity index (χ1n) is 11.8. The van der Waals surface area contributed by atoms with Crippen LogP contribution in [0.3, 0.4) is 0 Å². The van der Waals surface area contributed by atoms with E-state index in [1.165, 1.54) is 4.90 Å². The van der Waals surface area contributed by atoms with Crippen molar-refractivity contribution in [2.24, 2.45) is 5.73 Å². The molecule has 0 atom stereocenters. The van der Waals surface area contributed by atoms with Gasteiger partial charge in [0.1, 0.15) is 5.69 Å². The molecule has 2 heterocycles. The monoisotopic (exact) mass is 492 g/mol. The molecule has 3 aromatic carbocycles. The number of nitrogens with zero attached hydrogens (tertiary/aromatic N) is 3. The minimum absolute atomic E-state index is 0.151. The summed E-state index contributed by atoms with van der Waals surface area (Å²) in [7, 11) is 0. The SMILES string of the molecule is CC.NCc1cccc(-n2nc(C(F)(F)F)cc2C(=O)N2CCc3cc(-c4ccccc4)ccc32)c1. The third kappa shape index (κ3) is 4.90. The van der Waals surface area contributed by atoms with Crippen LogP contribution in [0, 0.1) is 0 Å². The molecule has 186 valence electrons. The van der Waals surface area contributed by atoms with Crippen LogP contribution in [0.4, 0.5) is 18.9 Å². The molecule has 2 N–H and O–H groups in total. The number of fused-ring (bicyclic) bond motifs is 1. The topological polar surface area (TPSA) is 64.2 Å². The van der Waals surface area contributed by atoms with E-state index in [2.05, 4.69) is 5.10 Å². The van der Waals surface area contributed by atoms with E-state index in [-0.39, 0.29) is 12.2 Å². The maximum absolute atomic E-state index is 13.5. The van der Waals surface area contributed by atoms with Crippen molar-refractivity contribution in [2.45, 2.75) is 33.0 Å². The smallest absolute Gasteiger partial charge is 0.326 e. The van der Waals surface area contributed by atoms with Gasteiger partial charge in [-0.2, -0.15) is 18.3 Å². The Morgan fingerprint density at radius 1 is 0.944 bits per heavy atom. The number of amides is 1. The van der Waals surface area contributed by atoms with Crippen LogP contribution >= 0.6 is 0 Å². The number of hydrogen-bond donors (Lipinski definition) is 1. The fourth-order valence-electron chi connectivity index (χ4n) is 4.25. The Labute approximate surface area is 208 Å². The molecule has 0 unspecified atom stereocenters. The second kappa shape index (κ2) is 10.4. The second-order valence-corrected chi connectivity index (χ2v) is 8.11. The van der Waals surface area contributed by atoms with Crippen LogP contribution in [0.2, 0.25) is 0 Å². The number of halogens is 3. The van der Waals surface area contributed by atoms with Gasteiger partial charge in [-0.1, -0.05) is 62.4 Å². The summed E-state index contributed by atoms with van der Waals surface area (Å²) in [5.74, 6) is -0.535. The second-order valence-electron chi connectivity index (χ2n) is 8.11. The van der Waals surface area contributed by atoms with E-state index >= 15 is 0 Å². The van der Waals surface area contributed by atoms with E-state index in [9.17, 15) is 18.0 Å². The highest BCUT2D eigenvalue weighted by Crippen LogP contribution is 2.35. The molecule has 1 aromatic heterocycles. The van der Waals surface area contributed by atoms with Crippen molar-refractivity contribution in [3.8, 4) is 16.8 Å². The molecule has 0 saturated heterocycles. The molecule has 5 rings (SSSR count). The highest BCUT2D eigenvalue weighted by atomic mass is 19.4. The van der Waals surface area contributed by atoms with E-state index in [1.807, 2.05) is 62.4 Å². The summed E-state index contributed by atoms with van der Waals surface area (Å²) >= 11 is 0. The van der Waals surface area contributed by atoms with Crippen molar-refractivity contribution in [3.05, 3.63) is 101 Å². The molecule has 0 aliphatic carbocycles. The Morgan fingerprint density at radius 3 is 2.39 bits per heavy atom. The fourth-order valence-corrected chi connectivity index (χ4v) is 4.25. The third-order valence-electron chi connectivity index (χ3n) is 5.94. The van der Waals surface area contributed by atoms with Gasteiger partial charge >= 0.3 is 6.18 Å². The number of alkyl halides is 3.